The average molecular weight is 611 g/mol. The molecule has 12 heteroatoms. The number of phenols is 1. The summed E-state index contributed by atoms with van der Waals surface area (Å²) < 4.78 is 40.7. The van der Waals surface area contributed by atoms with Crippen molar-refractivity contribution >= 4 is 18.2 Å². The van der Waals surface area contributed by atoms with Gasteiger partial charge in [-0.3, -0.25) is 14.5 Å². The van der Waals surface area contributed by atoms with Gasteiger partial charge in [0, 0.05) is 25.2 Å². The number of alkyl halides is 3. The van der Waals surface area contributed by atoms with Crippen LogP contribution in [-0.2, 0) is 4.79 Å². The molecule has 3 amide bonds. The normalized spacial score (nSPS) is 14.4. The van der Waals surface area contributed by atoms with Gasteiger partial charge in [-0.15, -0.1) is 13.2 Å². The fourth-order valence-corrected chi connectivity index (χ4v) is 4.21. The van der Waals surface area contributed by atoms with E-state index in [2.05, 4.69) is 34.4 Å². The largest absolute Gasteiger partial charge is 0.573 e. The van der Waals surface area contributed by atoms with Crippen molar-refractivity contribution in [3.8, 4) is 11.5 Å². The summed E-state index contributed by atoms with van der Waals surface area (Å²) in [5, 5.41) is 14.6. The zero-order valence-corrected chi connectivity index (χ0v) is 25.8. The second kappa shape index (κ2) is 18.1. The van der Waals surface area contributed by atoms with Crippen LogP contribution in [0.2, 0.25) is 0 Å². The number of nitrogens with one attached hydrogen (secondary N) is 2. The van der Waals surface area contributed by atoms with Gasteiger partial charge in [0.15, 0.2) is 0 Å². The van der Waals surface area contributed by atoms with Crippen molar-refractivity contribution < 1.29 is 37.4 Å². The number of aromatic hydroxyl groups is 1. The molecule has 0 radical (unpaired) electrons. The number of benzene rings is 2. The van der Waals surface area contributed by atoms with Gasteiger partial charge in [0.2, 0.25) is 5.91 Å². The first-order valence-corrected chi connectivity index (χ1v) is 14.3. The van der Waals surface area contributed by atoms with Crippen molar-refractivity contribution in [1.82, 2.24) is 20.4 Å². The second-order valence-corrected chi connectivity index (χ2v) is 10.4. The van der Waals surface area contributed by atoms with Gasteiger partial charge in [0.1, 0.15) is 17.8 Å². The molecule has 3 rings (SSSR count). The fraction of sp³-hybridized carbons (Fsp3) is 0.516. The number of nitrogens with zero attached hydrogens (tertiary/aromatic N) is 2. The lowest BCUT2D eigenvalue weighted by atomic mass is 9.74. The number of β-lactam (4-membered cyclic amide) rings is 1. The summed E-state index contributed by atoms with van der Waals surface area (Å²) in [6.07, 6.45) is -1.29. The highest BCUT2D eigenvalue weighted by Gasteiger charge is 2.52. The number of ether oxygens (including phenoxy) is 1. The van der Waals surface area contributed by atoms with Crippen LogP contribution in [0, 0.1) is 5.41 Å². The molecule has 240 valence electrons. The van der Waals surface area contributed by atoms with Gasteiger partial charge in [-0.1, -0.05) is 39.3 Å². The lowest BCUT2D eigenvalue weighted by Gasteiger charge is -2.47. The second-order valence-electron chi connectivity index (χ2n) is 10.4. The summed E-state index contributed by atoms with van der Waals surface area (Å²) in [4.78, 5) is 38.3. The number of urea groups is 1. The van der Waals surface area contributed by atoms with Crippen LogP contribution in [0.1, 0.15) is 68.4 Å². The Morgan fingerprint density at radius 2 is 1.67 bits per heavy atom. The quantitative estimate of drug-likeness (QED) is 0.219. The van der Waals surface area contributed by atoms with E-state index in [1.54, 1.807) is 12.1 Å². The lowest BCUT2D eigenvalue weighted by molar-refractivity contribution is -0.274. The summed E-state index contributed by atoms with van der Waals surface area (Å²) >= 11 is 0. The van der Waals surface area contributed by atoms with Gasteiger partial charge in [0.05, 0.1) is 11.5 Å². The molecule has 1 heterocycles. The topological polar surface area (TPSA) is 111 Å². The molecule has 0 bridgehead atoms. The number of amides is 3. The van der Waals surface area contributed by atoms with Gasteiger partial charge >= 0.3 is 12.4 Å². The van der Waals surface area contributed by atoms with Crippen molar-refractivity contribution in [2.24, 2.45) is 5.41 Å². The average Bonchev–Trinajstić information content (AvgIpc) is 2.96. The molecule has 43 heavy (non-hydrogen) atoms. The Labute approximate surface area is 252 Å². The molecule has 2 aromatic carbocycles. The Morgan fingerprint density at radius 3 is 2.07 bits per heavy atom. The van der Waals surface area contributed by atoms with E-state index in [1.165, 1.54) is 41.3 Å². The molecule has 1 saturated heterocycles. The molecule has 1 atom stereocenters. The number of likely N-dealkylation sites (tertiary alicyclic amines) is 1. The summed E-state index contributed by atoms with van der Waals surface area (Å²) in [5.74, 6) is -0.309. The number of rotatable bonds is 11. The zero-order valence-electron chi connectivity index (χ0n) is 25.8. The number of hydrogen-bond acceptors (Lipinski definition) is 7. The lowest BCUT2D eigenvalue weighted by Crippen LogP contribution is -2.65. The van der Waals surface area contributed by atoms with Crippen LogP contribution in [0.25, 0.3) is 0 Å². The van der Waals surface area contributed by atoms with E-state index in [4.69, 9.17) is 5.11 Å². The maximum atomic E-state index is 12.5. The van der Waals surface area contributed by atoms with Crippen molar-refractivity contribution in [3.05, 3.63) is 59.7 Å². The third-order valence-corrected chi connectivity index (χ3v) is 6.99. The van der Waals surface area contributed by atoms with E-state index in [0.717, 1.165) is 25.8 Å². The Balaban J connectivity index is 0.000000469. The summed E-state index contributed by atoms with van der Waals surface area (Å²) in [6, 6.07) is 10.6. The maximum absolute atomic E-state index is 12.5. The number of likely N-dealkylation sites (N-methyl/N-ethyl adjacent to an activating group) is 2. The van der Waals surface area contributed by atoms with Crippen molar-refractivity contribution in [3.63, 3.8) is 0 Å². The molecule has 1 aliphatic heterocycles. The van der Waals surface area contributed by atoms with Crippen LogP contribution in [0.3, 0.4) is 0 Å². The van der Waals surface area contributed by atoms with Crippen LogP contribution in [-0.4, -0.2) is 80.3 Å². The molecule has 9 nitrogen and oxygen atoms in total. The summed E-state index contributed by atoms with van der Waals surface area (Å²) in [7, 11) is 6.10. The van der Waals surface area contributed by atoms with Crippen molar-refractivity contribution in [2.75, 3.05) is 40.8 Å². The number of imide groups is 1. The Morgan fingerprint density at radius 1 is 1.09 bits per heavy atom. The van der Waals surface area contributed by atoms with Crippen LogP contribution in [0.15, 0.2) is 48.5 Å². The first-order valence-electron chi connectivity index (χ1n) is 14.3. The Kier molecular flexibility index (Phi) is 15.8. The van der Waals surface area contributed by atoms with E-state index < -0.39 is 23.9 Å². The molecular formula is C31H45F3N4O5. The number of phenolic OH excluding ortho intramolecular Hbond substituents is 1. The first-order chi connectivity index (χ1) is 20.2. The van der Waals surface area contributed by atoms with Gasteiger partial charge in [0.25, 0.3) is 0 Å². The highest BCUT2D eigenvalue weighted by molar-refractivity contribution is 6.02. The zero-order chi connectivity index (χ0) is 32.6. The van der Waals surface area contributed by atoms with Crippen LogP contribution in [0.4, 0.5) is 18.0 Å². The molecular weight excluding hydrogens is 565 g/mol. The van der Waals surface area contributed by atoms with E-state index in [1.807, 2.05) is 27.8 Å². The van der Waals surface area contributed by atoms with Gasteiger partial charge < -0.3 is 25.4 Å². The smallest absolute Gasteiger partial charge is 0.508 e. The highest BCUT2D eigenvalue weighted by atomic mass is 19.4. The predicted molar refractivity (Wildman–Crippen MR) is 160 cm³/mol. The first kappa shape index (κ1) is 37.4. The van der Waals surface area contributed by atoms with Crippen LogP contribution in [0.5, 0.6) is 11.5 Å². The molecule has 1 aliphatic rings. The van der Waals surface area contributed by atoms with Gasteiger partial charge in [-0.2, -0.15) is 0 Å². The number of carbonyl (C=O) groups is 3. The third-order valence-electron chi connectivity index (χ3n) is 6.99. The Bertz CT molecular complexity index is 1120. The van der Waals surface area contributed by atoms with Crippen LogP contribution >= 0.6 is 0 Å². The van der Waals surface area contributed by atoms with E-state index in [9.17, 15) is 27.6 Å². The number of carbonyl (C=O) groups excluding carboxylic acids is 3. The minimum absolute atomic E-state index is 0.172. The third kappa shape index (κ3) is 12.6. The van der Waals surface area contributed by atoms with Crippen LogP contribution < -0.4 is 15.4 Å². The number of halogens is 3. The minimum atomic E-state index is -4.75. The number of aldehydes is 1. The SMILES string of the molecule is CCCC(NC(=O)N1CC(CC)(CC)C1=O)c1ccc(OC(F)(F)F)cc1.CNCCN(C)C.O=Cc1ccc(O)cc1. The molecule has 1 fully saturated rings. The van der Waals surface area contributed by atoms with Gasteiger partial charge in [-0.05, 0) is 82.4 Å². The van der Waals surface area contributed by atoms with Gasteiger partial charge in [-0.25, -0.2) is 4.79 Å². The Hall–Kier alpha value is -3.64. The molecule has 0 aromatic heterocycles. The molecule has 0 aliphatic carbocycles. The monoisotopic (exact) mass is 610 g/mol. The van der Waals surface area contributed by atoms with E-state index >= 15 is 0 Å². The molecule has 0 spiro atoms. The van der Waals surface area contributed by atoms with E-state index in [-0.39, 0.29) is 17.4 Å². The minimum Gasteiger partial charge on any atom is -0.508 e. The number of hydrogen-bond donors (Lipinski definition) is 3. The fourth-order valence-electron chi connectivity index (χ4n) is 4.21. The summed E-state index contributed by atoms with van der Waals surface area (Å²) in [5.41, 5.74) is 0.784. The van der Waals surface area contributed by atoms with Crippen molar-refractivity contribution in [1.29, 1.82) is 0 Å². The maximum Gasteiger partial charge on any atom is 0.573 e. The standard InChI is InChI=1S/C19H25F3N2O3.C7H6O2.C5H14N2/c1-4-7-15(13-8-10-14(11-9-13)27-19(20,21)22)23-17(26)24-12-18(5-2,6-3)16(24)25;8-5-6-1-3-7(9)4-2-6;1-6-4-5-7(2)3/h8-11,15H,4-7,12H2,1-3H3,(H,23,26);1-5,9H;6H,4-5H2,1-3H3. The molecule has 0 saturated carbocycles. The predicted octanol–water partition coefficient (Wildman–Crippen LogP) is 5.76. The molecule has 2 aromatic rings. The summed E-state index contributed by atoms with van der Waals surface area (Å²) in [6.45, 7) is 8.39. The molecule has 1 unspecified atom stereocenters. The molecule has 3 N–H and O–H groups in total. The van der Waals surface area contributed by atoms with E-state index in [0.29, 0.717) is 36.9 Å². The van der Waals surface area contributed by atoms with Crippen molar-refractivity contribution in [2.45, 2.75) is 58.9 Å². The highest BCUT2D eigenvalue weighted by Crippen LogP contribution is 2.39.